The molecular weight excluding hydrogens is 474 g/mol. The molecule has 0 spiro atoms. The minimum absolute atomic E-state index is 0.181. The van der Waals surface area contributed by atoms with Gasteiger partial charge in [-0.3, -0.25) is 9.59 Å². The van der Waals surface area contributed by atoms with Crippen molar-refractivity contribution in [2.24, 2.45) is 5.10 Å². The summed E-state index contributed by atoms with van der Waals surface area (Å²) in [4.78, 5) is 24.7. The van der Waals surface area contributed by atoms with Crippen molar-refractivity contribution in [3.05, 3.63) is 90.5 Å². The van der Waals surface area contributed by atoms with Crippen LogP contribution in [-0.4, -0.2) is 45.0 Å². The van der Waals surface area contributed by atoms with Gasteiger partial charge < -0.3 is 24.3 Å². The van der Waals surface area contributed by atoms with Crippen LogP contribution in [0.15, 0.2) is 84.5 Å². The molecule has 0 fully saturated rings. The number of hydrazone groups is 1. The maximum atomic E-state index is 12.5. The Morgan fingerprint density at radius 2 is 1.68 bits per heavy atom. The van der Waals surface area contributed by atoms with E-state index in [0.29, 0.717) is 53.0 Å². The van der Waals surface area contributed by atoms with Crippen LogP contribution in [0.4, 0.5) is 5.69 Å². The Morgan fingerprint density at radius 3 is 2.41 bits per heavy atom. The number of hydrogen-bond donors (Lipinski definition) is 2. The van der Waals surface area contributed by atoms with Crippen LogP contribution in [0.5, 0.6) is 23.0 Å². The zero-order chi connectivity index (χ0) is 26.5. The number of carbonyl (C=O) groups excluding carboxylic acids is 2. The number of benzene rings is 3. The average molecular weight is 504 g/mol. The summed E-state index contributed by atoms with van der Waals surface area (Å²) in [6.07, 6.45) is 3.10. The van der Waals surface area contributed by atoms with Gasteiger partial charge in [-0.25, -0.2) is 5.43 Å². The van der Waals surface area contributed by atoms with Crippen molar-refractivity contribution in [2.75, 3.05) is 32.2 Å². The van der Waals surface area contributed by atoms with E-state index in [1.165, 1.54) is 13.3 Å². The van der Waals surface area contributed by atoms with Gasteiger partial charge in [0.05, 0.1) is 19.9 Å². The number of rotatable bonds is 13. The van der Waals surface area contributed by atoms with Gasteiger partial charge in [0.15, 0.2) is 29.6 Å². The maximum Gasteiger partial charge on any atom is 0.271 e. The molecular formula is C28H29N3O6. The van der Waals surface area contributed by atoms with Crippen molar-refractivity contribution in [1.82, 2.24) is 5.43 Å². The highest BCUT2D eigenvalue weighted by molar-refractivity contribution is 5.95. The average Bonchev–Trinajstić information content (AvgIpc) is 2.92. The number of nitrogens with zero attached hydrogens (tertiary/aromatic N) is 1. The highest BCUT2D eigenvalue weighted by Crippen LogP contribution is 2.29. The topological polar surface area (TPSA) is 107 Å². The Kier molecular flexibility index (Phi) is 10.1. The molecule has 3 rings (SSSR count). The van der Waals surface area contributed by atoms with Crippen molar-refractivity contribution >= 4 is 23.7 Å². The van der Waals surface area contributed by atoms with Crippen LogP contribution in [0.2, 0.25) is 0 Å². The summed E-state index contributed by atoms with van der Waals surface area (Å²) in [6, 6.07) is 19.1. The molecule has 0 saturated heterocycles. The molecule has 37 heavy (non-hydrogen) atoms. The van der Waals surface area contributed by atoms with Crippen molar-refractivity contribution < 1.29 is 28.5 Å². The Bertz CT molecular complexity index is 1240. The van der Waals surface area contributed by atoms with Crippen LogP contribution in [0.25, 0.3) is 0 Å². The fourth-order valence-electron chi connectivity index (χ4n) is 3.16. The number of para-hydroxylation sites is 1. The fraction of sp³-hybridized carbons (Fsp3) is 0.179. The molecule has 0 aliphatic heterocycles. The molecule has 9 heteroatoms. The van der Waals surface area contributed by atoms with Gasteiger partial charge in [0.1, 0.15) is 6.61 Å². The minimum atomic E-state index is -0.417. The molecule has 192 valence electrons. The standard InChI is InChI=1S/C28H29N3O6/c1-4-15-36-23-14-12-21(17-25(23)34-3)28(33)31-29-18-20-11-13-24(26(16-20)35-5-2)37-19-27(32)30-22-9-7-6-8-10-22/h4,6-14,16-18H,1,5,15,19H2,2-3H3,(H,30,32)(H,31,33)/b29-18+. The third-order valence-corrected chi connectivity index (χ3v) is 4.85. The van der Waals surface area contributed by atoms with Crippen LogP contribution in [0.1, 0.15) is 22.8 Å². The van der Waals surface area contributed by atoms with Gasteiger partial charge in [-0.2, -0.15) is 5.10 Å². The number of hydrogen-bond acceptors (Lipinski definition) is 7. The van der Waals surface area contributed by atoms with Crippen LogP contribution in [-0.2, 0) is 4.79 Å². The lowest BCUT2D eigenvalue weighted by molar-refractivity contribution is -0.118. The molecule has 0 aromatic heterocycles. The molecule has 2 amide bonds. The van der Waals surface area contributed by atoms with Crippen LogP contribution in [0.3, 0.4) is 0 Å². The molecule has 9 nitrogen and oxygen atoms in total. The monoisotopic (exact) mass is 503 g/mol. The molecule has 3 aromatic carbocycles. The largest absolute Gasteiger partial charge is 0.493 e. The molecule has 0 heterocycles. The molecule has 0 aliphatic carbocycles. The van der Waals surface area contributed by atoms with Gasteiger partial charge in [0.25, 0.3) is 11.8 Å². The number of nitrogens with one attached hydrogen (secondary N) is 2. The van der Waals surface area contributed by atoms with E-state index in [4.69, 9.17) is 18.9 Å². The first-order valence-corrected chi connectivity index (χ1v) is 11.5. The van der Waals surface area contributed by atoms with Crippen molar-refractivity contribution in [3.63, 3.8) is 0 Å². The second kappa shape index (κ2) is 13.9. The van der Waals surface area contributed by atoms with E-state index in [1.54, 1.807) is 54.6 Å². The first-order valence-electron chi connectivity index (χ1n) is 11.5. The van der Waals surface area contributed by atoms with Gasteiger partial charge in [0, 0.05) is 11.3 Å². The third-order valence-electron chi connectivity index (χ3n) is 4.85. The second-order valence-electron chi connectivity index (χ2n) is 7.51. The Hall–Kier alpha value is -4.79. The summed E-state index contributed by atoms with van der Waals surface area (Å²) < 4.78 is 22.1. The van der Waals surface area contributed by atoms with E-state index in [1.807, 2.05) is 25.1 Å². The fourth-order valence-corrected chi connectivity index (χ4v) is 3.16. The predicted molar refractivity (Wildman–Crippen MR) is 142 cm³/mol. The Labute approximate surface area is 215 Å². The van der Waals surface area contributed by atoms with Gasteiger partial charge in [0.2, 0.25) is 0 Å². The summed E-state index contributed by atoms with van der Waals surface area (Å²) in [7, 11) is 1.50. The summed E-state index contributed by atoms with van der Waals surface area (Å²) >= 11 is 0. The molecule has 0 aliphatic rings. The van der Waals surface area contributed by atoms with E-state index in [-0.39, 0.29) is 12.5 Å². The lowest BCUT2D eigenvalue weighted by atomic mass is 10.2. The van der Waals surface area contributed by atoms with Crippen LogP contribution >= 0.6 is 0 Å². The smallest absolute Gasteiger partial charge is 0.271 e. The lowest BCUT2D eigenvalue weighted by Gasteiger charge is -2.12. The second-order valence-corrected chi connectivity index (χ2v) is 7.51. The van der Waals surface area contributed by atoms with Gasteiger partial charge in [-0.05, 0) is 61.0 Å². The summed E-state index contributed by atoms with van der Waals surface area (Å²) in [6.45, 7) is 5.99. The minimum Gasteiger partial charge on any atom is -0.493 e. The van der Waals surface area contributed by atoms with Gasteiger partial charge in [-0.15, -0.1) is 0 Å². The van der Waals surface area contributed by atoms with E-state index < -0.39 is 5.91 Å². The van der Waals surface area contributed by atoms with E-state index >= 15 is 0 Å². The highest BCUT2D eigenvalue weighted by atomic mass is 16.5. The number of methoxy groups -OCH3 is 1. The Balaban J connectivity index is 1.60. The predicted octanol–water partition coefficient (Wildman–Crippen LogP) is 4.44. The zero-order valence-corrected chi connectivity index (χ0v) is 20.7. The van der Waals surface area contributed by atoms with Gasteiger partial charge >= 0.3 is 0 Å². The lowest BCUT2D eigenvalue weighted by Crippen LogP contribution is -2.20. The van der Waals surface area contributed by atoms with Crippen molar-refractivity contribution in [2.45, 2.75) is 6.92 Å². The molecule has 0 bridgehead atoms. The maximum absolute atomic E-state index is 12.5. The summed E-state index contributed by atoms with van der Waals surface area (Å²) in [5.41, 5.74) is 4.19. The number of anilines is 1. The van der Waals surface area contributed by atoms with Crippen molar-refractivity contribution in [3.8, 4) is 23.0 Å². The highest BCUT2D eigenvalue weighted by Gasteiger charge is 2.12. The molecule has 3 aromatic rings. The summed E-state index contributed by atoms with van der Waals surface area (Å²) in [5, 5.41) is 6.79. The zero-order valence-electron chi connectivity index (χ0n) is 20.7. The van der Waals surface area contributed by atoms with Crippen LogP contribution < -0.4 is 29.7 Å². The number of ether oxygens (including phenoxy) is 4. The molecule has 0 saturated carbocycles. The SMILES string of the molecule is C=CCOc1ccc(C(=O)N/N=C/c2ccc(OCC(=O)Nc3ccccc3)c(OCC)c2)cc1OC. The van der Waals surface area contributed by atoms with Crippen molar-refractivity contribution in [1.29, 1.82) is 0 Å². The number of carbonyl (C=O) groups is 2. The quantitative estimate of drug-likeness (QED) is 0.203. The van der Waals surface area contributed by atoms with E-state index in [9.17, 15) is 9.59 Å². The number of amides is 2. The van der Waals surface area contributed by atoms with Gasteiger partial charge in [-0.1, -0.05) is 30.9 Å². The Morgan fingerprint density at radius 1 is 0.919 bits per heavy atom. The van der Waals surface area contributed by atoms with E-state index in [0.717, 1.165) is 0 Å². The molecule has 0 unspecified atom stereocenters. The molecule has 0 atom stereocenters. The normalized spacial score (nSPS) is 10.4. The molecule has 2 N–H and O–H groups in total. The first kappa shape index (κ1) is 26.8. The first-order chi connectivity index (χ1) is 18.0. The third kappa shape index (κ3) is 8.14. The van der Waals surface area contributed by atoms with Crippen LogP contribution in [0, 0.1) is 0 Å². The van der Waals surface area contributed by atoms with E-state index in [2.05, 4.69) is 22.4 Å². The molecule has 0 radical (unpaired) electrons. The summed E-state index contributed by atoms with van der Waals surface area (Å²) in [5.74, 6) is 1.08.